The van der Waals surface area contributed by atoms with E-state index in [9.17, 15) is 4.79 Å². The molecule has 6 rings (SSSR count). The molecule has 0 bridgehead atoms. The highest BCUT2D eigenvalue weighted by Gasteiger charge is 2.29. The summed E-state index contributed by atoms with van der Waals surface area (Å²) in [6.45, 7) is 1.78. The molecule has 37 heavy (non-hydrogen) atoms. The van der Waals surface area contributed by atoms with Gasteiger partial charge in [-0.3, -0.25) is 9.89 Å². The van der Waals surface area contributed by atoms with Crippen LogP contribution in [0, 0.1) is 0 Å². The number of methoxy groups -OCH3 is 1. The first-order valence-electron chi connectivity index (χ1n) is 13.6. The summed E-state index contributed by atoms with van der Waals surface area (Å²) in [6, 6.07) is 14.5. The van der Waals surface area contributed by atoms with Gasteiger partial charge in [-0.25, -0.2) is 0 Å². The van der Waals surface area contributed by atoms with Gasteiger partial charge in [-0.1, -0.05) is 30.3 Å². The molecule has 1 amide bonds. The van der Waals surface area contributed by atoms with Crippen molar-refractivity contribution in [2.75, 3.05) is 20.3 Å². The van der Waals surface area contributed by atoms with Crippen LogP contribution in [-0.4, -0.2) is 53.5 Å². The Morgan fingerprint density at radius 3 is 2.65 bits per heavy atom. The van der Waals surface area contributed by atoms with Crippen molar-refractivity contribution < 1.29 is 19.0 Å². The van der Waals surface area contributed by atoms with E-state index in [1.807, 2.05) is 23.1 Å². The van der Waals surface area contributed by atoms with Crippen LogP contribution in [0.5, 0.6) is 11.5 Å². The minimum atomic E-state index is -0.0297. The van der Waals surface area contributed by atoms with E-state index in [4.69, 9.17) is 14.2 Å². The van der Waals surface area contributed by atoms with Gasteiger partial charge in [0, 0.05) is 43.8 Å². The number of hydrogen-bond acceptors (Lipinski definition) is 5. The van der Waals surface area contributed by atoms with Gasteiger partial charge >= 0.3 is 0 Å². The summed E-state index contributed by atoms with van der Waals surface area (Å²) in [5.74, 6) is 1.40. The second-order valence-electron chi connectivity index (χ2n) is 10.5. The number of aromatic amines is 1. The summed E-state index contributed by atoms with van der Waals surface area (Å²) in [4.78, 5) is 15.7. The Morgan fingerprint density at radius 1 is 1.08 bits per heavy atom. The lowest BCUT2D eigenvalue weighted by Crippen LogP contribution is -2.37. The maximum absolute atomic E-state index is 13.8. The smallest absolute Gasteiger partial charge is 0.275 e. The van der Waals surface area contributed by atoms with E-state index < -0.39 is 0 Å². The molecule has 2 heterocycles. The molecule has 194 valence electrons. The van der Waals surface area contributed by atoms with Crippen molar-refractivity contribution in [2.45, 2.75) is 70.1 Å². The number of H-pyrrole nitrogens is 1. The van der Waals surface area contributed by atoms with Gasteiger partial charge in [-0.15, -0.1) is 0 Å². The van der Waals surface area contributed by atoms with E-state index in [0.717, 1.165) is 80.5 Å². The summed E-state index contributed by atoms with van der Waals surface area (Å²) in [5.41, 5.74) is 6.48. The Balaban J connectivity index is 1.20. The molecular formula is C30H35N3O4. The maximum atomic E-state index is 13.8. The van der Waals surface area contributed by atoms with Crippen molar-refractivity contribution in [2.24, 2.45) is 0 Å². The minimum Gasteiger partial charge on any atom is -0.493 e. The average Bonchev–Trinajstić information content (AvgIpc) is 3.68. The van der Waals surface area contributed by atoms with E-state index in [1.54, 1.807) is 7.11 Å². The first kappa shape index (κ1) is 24.0. The molecule has 1 atom stereocenters. The van der Waals surface area contributed by atoms with Crippen molar-refractivity contribution >= 4 is 5.91 Å². The number of nitrogens with zero attached hydrogens (tertiary/aromatic N) is 2. The van der Waals surface area contributed by atoms with E-state index in [2.05, 4.69) is 34.5 Å². The van der Waals surface area contributed by atoms with Crippen molar-refractivity contribution in [3.8, 4) is 11.5 Å². The molecule has 1 aromatic heterocycles. The molecule has 3 aromatic rings. The number of aryl methyl sites for hydroxylation is 1. The second kappa shape index (κ2) is 10.6. The number of carbonyl (C=O) groups is 1. The number of hydrogen-bond donors (Lipinski definition) is 1. The number of aromatic nitrogens is 2. The summed E-state index contributed by atoms with van der Waals surface area (Å²) < 4.78 is 18.0. The van der Waals surface area contributed by atoms with Crippen LogP contribution in [-0.2, 0) is 37.0 Å². The van der Waals surface area contributed by atoms with Gasteiger partial charge in [-0.05, 0) is 67.3 Å². The van der Waals surface area contributed by atoms with Gasteiger partial charge in [0.05, 0.1) is 13.2 Å². The molecule has 7 heteroatoms. The van der Waals surface area contributed by atoms with Gasteiger partial charge < -0.3 is 19.1 Å². The lowest BCUT2D eigenvalue weighted by molar-refractivity contribution is 0.0501. The van der Waals surface area contributed by atoms with Gasteiger partial charge in [-0.2, -0.15) is 5.10 Å². The zero-order valence-electron chi connectivity index (χ0n) is 21.5. The fraction of sp³-hybridized carbons (Fsp3) is 0.467. The summed E-state index contributed by atoms with van der Waals surface area (Å²) in [7, 11) is 1.67. The molecular weight excluding hydrogens is 466 g/mol. The Bertz CT molecular complexity index is 1240. The number of ether oxygens (including phenoxy) is 3. The molecule has 1 unspecified atom stereocenters. The SMILES string of the molecule is COc1cc(CN(CC2CCCO2)C(=O)c2n[nH]c3c2CCCC3)ccc1OC1Cc2ccccc2C1. The highest BCUT2D eigenvalue weighted by atomic mass is 16.5. The van der Waals surface area contributed by atoms with Crippen molar-refractivity contribution in [3.05, 3.63) is 76.1 Å². The molecule has 1 aliphatic heterocycles. The molecule has 0 spiro atoms. The molecule has 2 aromatic carbocycles. The average molecular weight is 502 g/mol. The highest BCUT2D eigenvalue weighted by Crippen LogP contribution is 2.33. The molecule has 3 aliphatic rings. The van der Waals surface area contributed by atoms with Gasteiger partial charge in [0.1, 0.15) is 6.10 Å². The Kier molecular flexibility index (Phi) is 6.87. The zero-order chi connectivity index (χ0) is 25.2. The molecule has 0 saturated carbocycles. The second-order valence-corrected chi connectivity index (χ2v) is 10.5. The van der Waals surface area contributed by atoms with Crippen molar-refractivity contribution in [1.82, 2.24) is 15.1 Å². The lowest BCUT2D eigenvalue weighted by atomic mass is 9.95. The van der Waals surface area contributed by atoms with Crippen LogP contribution in [0.1, 0.15) is 64.1 Å². The first-order chi connectivity index (χ1) is 18.2. The summed E-state index contributed by atoms with van der Waals surface area (Å²) >= 11 is 0. The minimum absolute atomic E-state index is 0.0297. The maximum Gasteiger partial charge on any atom is 0.275 e. The topological polar surface area (TPSA) is 76.7 Å². The van der Waals surface area contributed by atoms with Crippen LogP contribution in [0.2, 0.25) is 0 Å². The molecule has 1 saturated heterocycles. The fourth-order valence-corrected chi connectivity index (χ4v) is 5.97. The van der Waals surface area contributed by atoms with Crippen molar-refractivity contribution in [1.29, 1.82) is 0 Å². The summed E-state index contributed by atoms with van der Waals surface area (Å²) in [6.07, 6.45) is 8.09. The van der Waals surface area contributed by atoms with Crippen LogP contribution in [0.25, 0.3) is 0 Å². The third kappa shape index (κ3) is 5.10. The number of carbonyl (C=O) groups excluding carboxylic acids is 1. The van der Waals surface area contributed by atoms with Crippen LogP contribution in [0.15, 0.2) is 42.5 Å². The zero-order valence-corrected chi connectivity index (χ0v) is 21.5. The molecule has 1 N–H and O–H groups in total. The number of benzene rings is 2. The van der Waals surface area contributed by atoms with Gasteiger partial charge in [0.25, 0.3) is 5.91 Å². The van der Waals surface area contributed by atoms with E-state index in [1.165, 1.54) is 11.1 Å². The van der Waals surface area contributed by atoms with Crippen LogP contribution >= 0.6 is 0 Å². The predicted molar refractivity (Wildman–Crippen MR) is 140 cm³/mol. The van der Waals surface area contributed by atoms with Crippen LogP contribution in [0.3, 0.4) is 0 Å². The molecule has 2 aliphatic carbocycles. The Hall–Kier alpha value is -3.32. The molecule has 7 nitrogen and oxygen atoms in total. The molecule has 0 radical (unpaired) electrons. The van der Waals surface area contributed by atoms with Gasteiger partial charge in [0.15, 0.2) is 17.2 Å². The number of rotatable bonds is 8. The third-order valence-corrected chi connectivity index (χ3v) is 7.90. The lowest BCUT2D eigenvalue weighted by Gasteiger charge is -2.26. The predicted octanol–water partition coefficient (Wildman–Crippen LogP) is 4.66. The number of fused-ring (bicyclic) bond motifs is 2. The highest BCUT2D eigenvalue weighted by molar-refractivity contribution is 5.94. The third-order valence-electron chi connectivity index (χ3n) is 7.90. The first-order valence-corrected chi connectivity index (χ1v) is 13.6. The summed E-state index contributed by atoms with van der Waals surface area (Å²) in [5, 5.41) is 7.58. The van der Waals surface area contributed by atoms with Crippen LogP contribution < -0.4 is 9.47 Å². The quantitative estimate of drug-likeness (QED) is 0.486. The van der Waals surface area contributed by atoms with Crippen molar-refractivity contribution in [3.63, 3.8) is 0 Å². The standard InChI is InChI=1S/C30H35N3O4/c1-35-28-15-20(12-13-27(28)37-24-16-21-7-2-3-8-22(21)17-24)18-33(19-23-9-6-14-36-23)30(34)29-25-10-4-5-11-26(25)31-32-29/h2-3,7-8,12-13,15,23-24H,4-6,9-11,14,16-19H2,1H3,(H,31,32). The number of amides is 1. The largest absolute Gasteiger partial charge is 0.493 e. The Labute approximate surface area is 218 Å². The van der Waals surface area contributed by atoms with E-state index in [0.29, 0.717) is 24.5 Å². The Morgan fingerprint density at radius 2 is 1.89 bits per heavy atom. The number of nitrogens with one attached hydrogen (secondary N) is 1. The monoisotopic (exact) mass is 501 g/mol. The van der Waals surface area contributed by atoms with Crippen LogP contribution in [0.4, 0.5) is 0 Å². The fourth-order valence-electron chi connectivity index (χ4n) is 5.97. The normalized spacial score (nSPS) is 18.9. The van der Waals surface area contributed by atoms with Gasteiger partial charge in [0.2, 0.25) is 0 Å². The molecule has 1 fully saturated rings. The van der Waals surface area contributed by atoms with E-state index >= 15 is 0 Å². The van der Waals surface area contributed by atoms with E-state index in [-0.39, 0.29) is 18.1 Å².